The van der Waals surface area contributed by atoms with Gasteiger partial charge >= 0.3 is 0 Å². The molecule has 36 heavy (non-hydrogen) atoms. The van der Waals surface area contributed by atoms with Gasteiger partial charge in [-0.1, -0.05) is 0 Å². The van der Waals surface area contributed by atoms with Gasteiger partial charge in [-0.05, 0) is 48.6 Å². The number of piperazine rings is 1. The van der Waals surface area contributed by atoms with Gasteiger partial charge in [0, 0.05) is 31.7 Å². The first-order valence-corrected chi connectivity index (χ1v) is 12.9. The van der Waals surface area contributed by atoms with Crippen LogP contribution in [0.3, 0.4) is 0 Å². The fourth-order valence-electron chi connectivity index (χ4n) is 3.91. The van der Waals surface area contributed by atoms with E-state index in [1.165, 1.54) is 32.7 Å². The second-order valence-electron chi connectivity index (χ2n) is 7.93. The van der Waals surface area contributed by atoms with Crippen LogP contribution >= 0.6 is 12.2 Å². The number of nitrogens with zero attached hydrogens (tertiary/aromatic N) is 4. The maximum absolute atomic E-state index is 13.0. The summed E-state index contributed by atoms with van der Waals surface area (Å²) in [4.78, 5) is 2.51. The molecule has 1 fully saturated rings. The van der Waals surface area contributed by atoms with E-state index in [-0.39, 0.29) is 9.73 Å². The van der Waals surface area contributed by atoms with Gasteiger partial charge in [0.1, 0.15) is 5.75 Å². The van der Waals surface area contributed by atoms with Crippen molar-refractivity contribution in [3.8, 4) is 34.5 Å². The van der Waals surface area contributed by atoms with Crippen molar-refractivity contribution in [2.45, 2.75) is 11.6 Å². The minimum Gasteiger partial charge on any atom is -0.497 e. The van der Waals surface area contributed by atoms with Crippen LogP contribution in [0.2, 0.25) is 0 Å². The molecule has 11 nitrogen and oxygen atoms in total. The number of methoxy groups -OCH3 is 4. The van der Waals surface area contributed by atoms with Crippen LogP contribution in [0.4, 0.5) is 0 Å². The van der Waals surface area contributed by atoms with Crippen LogP contribution in [0.15, 0.2) is 45.7 Å². The summed E-state index contributed by atoms with van der Waals surface area (Å²) in [6.45, 7) is 2.09. The molecule has 1 aromatic heterocycles. The summed E-state index contributed by atoms with van der Waals surface area (Å²) >= 11 is 5.38. The Balaban J connectivity index is 1.45. The highest BCUT2D eigenvalue weighted by Crippen LogP contribution is 2.40. The van der Waals surface area contributed by atoms with Gasteiger partial charge in [0.25, 0.3) is 4.84 Å². The Morgan fingerprint density at radius 3 is 2.06 bits per heavy atom. The third-order valence-corrected chi connectivity index (χ3v) is 8.09. The average molecular weight is 537 g/mol. The van der Waals surface area contributed by atoms with E-state index in [0.717, 1.165) is 0 Å². The highest BCUT2D eigenvalue weighted by Gasteiger charge is 2.29. The first-order valence-electron chi connectivity index (χ1n) is 11.1. The molecule has 0 spiro atoms. The van der Waals surface area contributed by atoms with E-state index in [4.69, 9.17) is 35.6 Å². The molecule has 0 atom stereocenters. The lowest BCUT2D eigenvalue weighted by molar-refractivity contribution is 0.143. The van der Waals surface area contributed by atoms with Crippen LogP contribution in [-0.4, -0.2) is 82.0 Å². The molecule has 2 aromatic carbocycles. The Morgan fingerprint density at radius 2 is 1.53 bits per heavy atom. The Kier molecular flexibility index (Phi) is 7.83. The largest absolute Gasteiger partial charge is 0.497 e. The van der Waals surface area contributed by atoms with Crippen LogP contribution in [0.25, 0.3) is 11.5 Å². The minimum atomic E-state index is -3.59. The number of hydrogen-bond acceptors (Lipinski definition) is 10. The molecule has 3 aromatic rings. The standard InChI is InChI=1S/C23H28N4O7S2/c1-30-17-5-7-18(8-6-17)36(28,29)26-11-9-25(10-12-26)15-27-23(35)34-22(24-27)16-13-19(31-2)21(33-4)20(14-16)32-3/h5-8,13-14H,9-12,15H2,1-4H3. The molecule has 0 bridgehead atoms. The number of rotatable bonds is 9. The number of aromatic nitrogens is 2. The quantitative estimate of drug-likeness (QED) is 0.379. The molecule has 0 amide bonds. The zero-order valence-electron chi connectivity index (χ0n) is 20.5. The summed E-state index contributed by atoms with van der Waals surface area (Å²) < 4.78 is 56.1. The van der Waals surface area contributed by atoms with Crippen molar-refractivity contribution in [3.05, 3.63) is 41.2 Å². The molecule has 1 aliphatic rings. The minimum absolute atomic E-state index is 0.201. The Bertz CT molecular complexity index is 1340. The lowest BCUT2D eigenvalue weighted by Gasteiger charge is -2.33. The fourth-order valence-corrected chi connectivity index (χ4v) is 5.51. The van der Waals surface area contributed by atoms with Gasteiger partial charge in [0.05, 0.1) is 40.0 Å². The van der Waals surface area contributed by atoms with E-state index in [1.807, 2.05) is 0 Å². The summed E-state index contributed by atoms with van der Waals surface area (Å²) in [6, 6.07) is 9.85. The van der Waals surface area contributed by atoms with E-state index in [0.29, 0.717) is 67.3 Å². The maximum atomic E-state index is 13.0. The molecule has 0 N–H and O–H groups in total. The van der Waals surface area contributed by atoms with Gasteiger partial charge in [-0.15, -0.1) is 5.10 Å². The number of benzene rings is 2. The summed E-state index contributed by atoms with van der Waals surface area (Å²) in [5, 5.41) is 4.52. The molecule has 1 aliphatic heterocycles. The second-order valence-corrected chi connectivity index (χ2v) is 10.2. The van der Waals surface area contributed by atoms with Crippen LogP contribution in [0.5, 0.6) is 23.0 Å². The predicted molar refractivity (Wildman–Crippen MR) is 134 cm³/mol. The van der Waals surface area contributed by atoms with Crippen molar-refractivity contribution in [1.29, 1.82) is 0 Å². The molecule has 0 radical (unpaired) electrons. The molecule has 0 saturated carbocycles. The van der Waals surface area contributed by atoms with Gasteiger partial charge in [-0.3, -0.25) is 4.90 Å². The zero-order valence-corrected chi connectivity index (χ0v) is 22.1. The normalized spacial score (nSPS) is 15.0. The Hall–Kier alpha value is -3.13. The van der Waals surface area contributed by atoms with Gasteiger partial charge < -0.3 is 23.4 Å². The molecule has 0 unspecified atom stereocenters. The second kappa shape index (κ2) is 10.9. The van der Waals surface area contributed by atoms with Crippen molar-refractivity contribution in [3.63, 3.8) is 0 Å². The fraction of sp³-hybridized carbons (Fsp3) is 0.391. The summed E-state index contributed by atoms with van der Waals surface area (Å²) in [5.74, 6) is 2.31. The van der Waals surface area contributed by atoms with Crippen LogP contribution < -0.4 is 18.9 Å². The summed E-state index contributed by atoms with van der Waals surface area (Å²) in [6.07, 6.45) is 0. The van der Waals surface area contributed by atoms with Crippen LogP contribution in [0, 0.1) is 4.84 Å². The Labute approximate surface area is 214 Å². The SMILES string of the molecule is COc1ccc(S(=O)(=O)N2CCN(Cn3nc(-c4cc(OC)c(OC)c(OC)c4)oc3=S)CC2)cc1. The molecular weight excluding hydrogens is 508 g/mol. The molecule has 2 heterocycles. The van der Waals surface area contributed by atoms with E-state index in [2.05, 4.69) is 10.00 Å². The van der Waals surface area contributed by atoms with Gasteiger partial charge in [0.15, 0.2) is 11.5 Å². The Morgan fingerprint density at radius 1 is 0.917 bits per heavy atom. The van der Waals surface area contributed by atoms with E-state index in [9.17, 15) is 8.42 Å². The molecule has 4 rings (SSSR count). The van der Waals surface area contributed by atoms with Crippen molar-refractivity contribution in [1.82, 2.24) is 19.0 Å². The molecule has 194 valence electrons. The van der Waals surface area contributed by atoms with Gasteiger partial charge in [-0.25, -0.2) is 13.1 Å². The lowest BCUT2D eigenvalue weighted by atomic mass is 10.2. The third kappa shape index (κ3) is 5.19. The zero-order chi connectivity index (χ0) is 25.9. The smallest absolute Gasteiger partial charge is 0.288 e. The number of ether oxygens (including phenoxy) is 4. The molecular formula is C23H28N4O7S2. The van der Waals surface area contributed by atoms with Crippen LogP contribution in [0.1, 0.15) is 0 Å². The maximum Gasteiger partial charge on any atom is 0.288 e. The third-order valence-electron chi connectivity index (χ3n) is 5.88. The first-order chi connectivity index (χ1) is 17.3. The first kappa shape index (κ1) is 25.9. The monoisotopic (exact) mass is 536 g/mol. The summed E-state index contributed by atoms with van der Waals surface area (Å²) in [5.41, 5.74) is 0.616. The predicted octanol–water partition coefficient (Wildman–Crippen LogP) is 2.87. The summed E-state index contributed by atoms with van der Waals surface area (Å²) in [7, 11) is 2.55. The highest BCUT2D eigenvalue weighted by molar-refractivity contribution is 7.89. The van der Waals surface area contributed by atoms with E-state index >= 15 is 0 Å². The van der Waals surface area contributed by atoms with Gasteiger partial charge in [-0.2, -0.15) is 4.31 Å². The van der Waals surface area contributed by atoms with Crippen LogP contribution in [-0.2, 0) is 16.7 Å². The van der Waals surface area contributed by atoms with E-state index in [1.54, 1.807) is 41.1 Å². The topological polar surface area (TPSA) is 109 Å². The average Bonchev–Trinajstić information content (AvgIpc) is 3.27. The van der Waals surface area contributed by atoms with Crippen molar-refractivity contribution in [2.24, 2.45) is 0 Å². The van der Waals surface area contributed by atoms with Gasteiger partial charge in [0.2, 0.25) is 21.7 Å². The van der Waals surface area contributed by atoms with Crippen molar-refractivity contribution >= 4 is 22.2 Å². The number of hydrogen-bond donors (Lipinski definition) is 0. The van der Waals surface area contributed by atoms with Crippen molar-refractivity contribution < 1.29 is 31.8 Å². The van der Waals surface area contributed by atoms with Crippen molar-refractivity contribution in [2.75, 3.05) is 54.6 Å². The molecule has 13 heteroatoms. The van der Waals surface area contributed by atoms with E-state index < -0.39 is 10.0 Å². The highest BCUT2D eigenvalue weighted by atomic mass is 32.2. The molecule has 1 saturated heterocycles. The lowest BCUT2D eigenvalue weighted by Crippen LogP contribution is -2.48. The molecule has 0 aliphatic carbocycles. The number of sulfonamides is 1.